The van der Waals surface area contributed by atoms with Gasteiger partial charge in [0.2, 0.25) is 15.6 Å². The van der Waals surface area contributed by atoms with Gasteiger partial charge in [-0.1, -0.05) is 48.5 Å². The van der Waals surface area contributed by atoms with Crippen molar-refractivity contribution < 1.29 is 26.4 Å². The van der Waals surface area contributed by atoms with Gasteiger partial charge >= 0.3 is 0 Å². The van der Waals surface area contributed by atoms with Gasteiger partial charge in [0, 0.05) is 11.1 Å². The van der Waals surface area contributed by atoms with Gasteiger partial charge in [0.05, 0.1) is 9.79 Å². The first-order valence-electron chi connectivity index (χ1n) is 10.0. The number of rotatable bonds is 1. The lowest BCUT2D eigenvalue weighted by Crippen LogP contribution is -2.22. The van der Waals surface area contributed by atoms with Crippen LogP contribution in [0.15, 0.2) is 93.6 Å². The van der Waals surface area contributed by atoms with E-state index in [-0.39, 0.29) is 20.9 Å². The molecule has 6 nitrogen and oxygen atoms in total. The Labute approximate surface area is 189 Å². The first-order chi connectivity index (χ1) is 15.7. The molecule has 0 aromatic heterocycles. The first kappa shape index (κ1) is 20.0. The monoisotopic (exact) mass is 474 g/mol. The van der Waals surface area contributed by atoms with Gasteiger partial charge in [-0.2, -0.15) is 0 Å². The highest BCUT2D eigenvalue weighted by Gasteiger charge is 2.47. The molecule has 0 N–H and O–H groups in total. The van der Waals surface area contributed by atoms with Gasteiger partial charge in [0.25, 0.3) is 0 Å². The summed E-state index contributed by atoms with van der Waals surface area (Å²) in [4.78, 5) is 25.2. The second kappa shape index (κ2) is 6.46. The van der Waals surface area contributed by atoms with Crippen LogP contribution in [0.4, 0.5) is 0 Å². The van der Waals surface area contributed by atoms with Crippen molar-refractivity contribution in [3.63, 3.8) is 0 Å². The van der Waals surface area contributed by atoms with Crippen molar-refractivity contribution >= 4 is 52.8 Å². The van der Waals surface area contributed by atoms with Gasteiger partial charge < -0.3 is 0 Å². The van der Waals surface area contributed by atoms with E-state index in [0.29, 0.717) is 21.5 Å². The Kier molecular flexibility index (Phi) is 3.92. The van der Waals surface area contributed by atoms with Crippen molar-refractivity contribution in [2.75, 3.05) is 0 Å². The Morgan fingerprint density at radius 2 is 1.12 bits per heavy atom. The van der Waals surface area contributed by atoms with Gasteiger partial charge in [0.15, 0.2) is 15.6 Å². The van der Waals surface area contributed by atoms with E-state index < -0.39 is 41.4 Å². The molecule has 2 aliphatic rings. The number of sulfone groups is 2. The predicted molar refractivity (Wildman–Crippen MR) is 123 cm³/mol. The molecule has 8 heteroatoms. The summed E-state index contributed by atoms with van der Waals surface area (Å²) in [6, 6.07) is 19.8. The van der Waals surface area contributed by atoms with E-state index in [4.69, 9.17) is 0 Å². The Balaban J connectivity index is 1.54. The molecule has 0 fully saturated rings. The molecule has 4 aromatic carbocycles. The number of benzene rings is 4. The molecule has 0 aliphatic carbocycles. The zero-order valence-corrected chi connectivity index (χ0v) is 18.5. The van der Waals surface area contributed by atoms with Crippen LogP contribution in [0.5, 0.6) is 0 Å². The Hall–Kier alpha value is -3.62. The molecule has 0 bridgehead atoms. The third-order valence-electron chi connectivity index (χ3n) is 6.21. The lowest BCUT2D eigenvalue weighted by Gasteiger charge is -2.04. The number of hydrogen-bond acceptors (Lipinski definition) is 6. The summed E-state index contributed by atoms with van der Waals surface area (Å²) in [6.45, 7) is 0. The van der Waals surface area contributed by atoms with Crippen LogP contribution in [0.1, 0.15) is 20.7 Å². The largest absolute Gasteiger partial charge is 0.292 e. The highest BCUT2D eigenvalue weighted by molar-refractivity contribution is 7.97. The molecule has 33 heavy (non-hydrogen) atoms. The van der Waals surface area contributed by atoms with E-state index in [1.54, 1.807) is 48.5 Å². The van der Waals surface area contributed by atoms with Crippen molar-refractivity contribution in [3.8, 4) is 0 Å². The number of carbonyl (C=O) groups excluding carboxylic acids is 2. The fourth-order valence-corrected chi connectivity index (χ4v) is 8.01. The Bertz CT molecular complexity index is 1830. The molecule has 0 saturated carbocycles. The number of fused-ring (bicyclic) bond motifs is 4. The summed E-state index contributed by atoms with van der Waals surface area (Å²) in [5.74, 6) is -1.55. The van der Waals surface area contributed by atoms with Crippen LogP contribution in [0.3, 0.4) is 0 Å². The van der Waals surface area contributed by atoms with E-state index in [9.17, 15) is 26.4 Å². The van der Waals surface area contributed by atoms with E-state index >= 15 is 0 Å². The van der Waals surface area contributed by atoms with Crippen molar-refractivity contribution in [1.29, 1.82) is 0 Å². The number of carbonyl (C=O) groups is 2. The molecule has 0 radical (unpaired) electrons. The van der Waals surface area contributed by atoms with Crippen molar-refractivity contribution in [1.82, 2.24) is 0 Å². The van der Waals surface area contributed by atoms with Crippen molar-refractivity contribution in [2.45, 2.75) is 15.0 Å². The molecule has 0 amide bonds. The lowest BCUT2D eigenvalue weighted by atomic mass is 10.0. The predicted octanol–water partition coefficient (Wildman–Crippen LogP) is 3.89. The van der Waals surface area contributed by atoms with Gasteiger partial charge in [0.1, 0.15) is 10.2 Å². The topological polar surface area (TPSA) is 102 Å². The molecule has 6 rings (SSSR count). The maximum atomic E-state index is 13.2. The molecule has 4 aromatic rings. The quantitative estimate of drug-likeness (QED) is 0.388. The minimum Gasteiger partial charge on any atom is -0.292 e. The molecule has 2 heterocycles. The number of allylic oxidation sites excluding steroid dienone is 1. The summed E-state index contributed by atoms with van der Waals surface area (Å²) in [5.41, 5.74) is -0.0207. The fourth-order valence-electron chi connectivity index (χ4n) is 4.54. The number of Topliss-reactive ketones (excluding diaryl/α,β-unsaturated/α-hetero) is 2. The van der Waals surface area contributed by atoms with E-state index in [2.05, 4.69) is 0 Å². The highest BCUT2D eigenvalue weighted by atomic mass is 32.2. The van der Waals surface area contributed by atoms with Gasteiger partial charge in [-0.25, -0.2) is 16.8 Å². The zero-order chi connectivity index (χ0) is 23.1. The Morgan fingerprint density at radius 1 is 0.636 bits per heavy atom. The molecule has 1 unspecified atom stereocenters. The standard InChI is InChI=1S/C25H14O6S2/c26-24-18-9-14-5-1-3-7-16(14)11-20(18)32(28,29)22(24)13-23-25(27)19-10-15-6-2-4-8-17(15)12-21(19)33(23,30)31/h1-13,22H. The van der Waals surface area contributed by atoms with Crippen LogP contribution >= 0.6 is 0 Å². The van der Waals surface area contributed by atoms with Gasteiger partial charge in [-0.05, 0) is 51.9 Å². The smallest absolute Gasteiger partial charge is 0.210 e. The van der Waals surface area contributed by atoms with Crippen LogP contribution in [0.2, 0.25) is 0 Å². The fraction of sp³-hybridized carbons (Fsp3) is 0.0400. The van der Waals surface area contributed by atoms with Gasteiger partial charge in [-0.15, -0.1) is 0 Å². The summed E-state index contributed by atoms with van der Waals surface area (Å²) >= 11 is 0. The van der Waals surface area contributed by atoms with Crippen LogP contribution in [0, 0.1) is 0 Å². The average molecular weight is 475 g/mol. The molecule has 2 aliphatic heterocycles. The second-order valence-electron chi connectivity index (χ2n) is 8.08. The summed E-state index contributed by atoms with van der Waals surface area (Å²) in [6.07, 6.45) is 0.810. The molecule has 1 atom stereocenters. The molecule has 0 saturated heterocycles. The molecular weight excluding hydrogens is 460 g/mol. The molecule has 0 spiro atoms. The third-order valence-corrected chi connectivity index (χ3v) is 10.00. The molecule has 162 valence electrons. The van der Waals surface area contributed by atoms with Crippen LogP contribution < -0.4 is 0 Å². The van der Waals surface area contributed by atoms with Crippen LogP contribution in [0.25, 0.3) is 21.5 Å². The van der Waals surface area contributed by atoms with Crippen LogP contribution in [-0.4, -0.2) is 33.7 Å². The SMILES string of the molecule is O=C1C(=CC2C(=O)c3cc4ccccc4cc3S2(=O)=O)S(=O)(=O)c2cc3ccccc3cc21. The first-order valence-corrected chi connectivity index (χ1v) is 13.1. The number of hydrogen-bond donors (Lipinski definition) is 0. The molecular formula is C25H14O6S2. The van der Waals surface area contributed by atoms with Crippen molar-refractivity contribution in [2.24, 2.45) is 0 Å². The second-order valence-corrected chi connectivity index (χ2v) is 12.0. The van der Waals surface area contributed by atoms with Gasteiger partial charge in [-0.3, -0.25) is 9.59 Å². The minimum atomic E-state index is -4.28. The van der Waals surface area contributed by atoms with E-state index in [1.165, 1.54) is 24.3 Å². The maximum Gasteiger partial charge on any atom is 0.210 e. The average Bonchev–Trinajstić information content (AvgIpc) is 3.10. The van der Waals surface area contributed by atoms with Crippen LogP contribution in [-0.2, 0) is 19.7 Å². The maximum absolute atomic E-state index is 13.2. The minimum absolute atomic E-state index is 0.00152. The summed E-state index contributed by atoms with van der Waals surface area (Å²) < 4.78 is 52.9. The third kappa shape index (κ3) is 2.65. The number of ketones is 2. The zero-order valence-electron chi connectivity index (χ0n) is 16.8. The summed E-state index contributed by atoms with van der Waals surface area (Å²) in [5, 5.41) is 0.880. The summed E-state index contributed by atoms with van der Waals surface area (Å²) in [7, 11) is -8.49. The highest BCUT2D eigenvalue weighted by Crippen LogP contribution is 2.40. The lowest BCUT2D eigenvalue weighted by molar-refractivity contribution is 0.100. The van der Waals surface area contributed by atoms with Crippen molar-refractivity contribution in [3.05, 3.63) is 94.9 Å². The van der Waals surface area contributed by atoms with E-state index in [0.717, 1.165) is 6.08 Å². The van der Waals surface area contributed by atoms with E-state index in [1.807, 2.05) is 0 Å². The Morgan fingerprint density at radius 3 is 1.70 bits per heavy atom. The normalized spacial score (nSPS) is 21.6.